The van der Waals surface area contributed by atoms with E-state index in [1.807, 2.05) is 0 Å². The SMILES string of the molecule is N#C[C@]12CCCC[C@H]1CC1=C(O)C(=O)CC[C@H]12. The Bertz CT molecular complexity index is 446. The molecule has 0 unspecified atom stereocenters. The molecule has 2 fully saturated rings. The highest BCUT2D eigenvalue weighted by molar-refractivity contribution is 5.95. The van der Waals surface area contributed by atoms with Crippen molar-refractivity contribution in [2.24, 2.45) is 17.3 Å². The second-order valence-corrected chi connectivity index (χ2v) is 5.69. The average molecular weight is 231 g/mol. The highest BCUT2D eigenvalue weighted by Crippen LogP contribution is 2.60. The van der Waals surface area contributed by atoms with Crippen LogP contribution < -0.4 is 0 Å². The van der Waals surface area contributed by atoms with Crippen molar-refractivity contribution in [3.05, 3.63) is 11.3 Å². The van der Waals surface area contributed by atoms with Gasteiger partial charge in [-0.2, -0.15) is 5.26 Å². The van der Waals surface area contributed by atoms with Crippen LogP contribution in [-0.2, 0) is 4.79 Å². The molecule has 3 aliphatic carbocycles. The van der Waals surface area contributed by atoms with Gasteiger partial charge in [0.25, 0.3) is 0 Å². The third-order valence-electron chi connectivity index (χ3n) is 5.07. The molecule has 3 aliphatic rings. The van der Waals surface area contributed by atoms with E-state index >= 15 is 0 Å². The van der Waals surface area contributed by atoms with Crippen molar-refractivity contribution in [3.63, 3.8) is 0 Å². The van der Waals surface area contributed by atoms with Crippen LogP contribution in [0.5, 0.6) is 0 Å². The Balaban J connectivity index is 2.08. The number of carbonyl (C=O) groups excluding carboxylic acids is 1. The van der Waals surface area contributed by atoms with Crippen LogP contribution in [0.4, 0.5) is 0 Å². The van der Waals surface area contributed by atoms with Gasteiger partial charge in [0, 0.05) is 12.3 Å². The largest absolute Gasteiger partial charge is 0.504 e. The van der Waals surface area contributed by atoms with Crippen molar-refractivity contribution in [3.8, 4) is 6.07 Å². The van der Waals surface area contributed by atoms with Gasteiger partial charge < -0.3 is 5.11 Å². The normalized spacial score (nSPS) is 40.8. The lowest BCUT2D eigenvalue weighted by Gasteiger charge is -2.38. The van der Waals surface area contributed by atoms with Crippen molar-refractivity contribution >= 4 is 5.78 Å². The van der Waals surface area contributed by atoms with E-state index in [2.05, 4.69) is 6.07 Å². The first-order chi connectivity index (χ1) is 8.19. The Morgan fingerprint density at radius 1 is 1.35 bits per heavy atom. The van der Waals surface area contributed by atoms with Crippen molar-refractivity contribution in [2.75, 3.05) is 0 Å². The van der Waals surface area contributed by atoms with Gasteiger partial charge in [-0.3, -0.25) is 4.79 Å². The number of carbonyl (C=O) groups is 1. The van der Waals surface area contributed by atoms with Gasteiger partial charge in [0.2, 0.25) is 0 Å². The van der Waals surface area contributed by atoms with E-state index < -0.39 is 0 Å². The topological polar surface area (TPSA) is 61.1 Å². The molecule has 3 nitrogen and oxygen atoms in total. The molecule has 0 saturated heterocycles. The van der Waals surface area contributed by atoms with Gasteiger partial charge in [0.1, 0.15) is 0 Å². The molecule has 3 rings (SSSR count). The Morgan fingerprint density at radius 2 is 2.18 bits per heavy atom. The summed E-state index contributed by atoms with van der Waals surface area (Å²) in [5.74, 6) is 0.387. The molecule has 0 spiro atoms. The molecule has 0 aliphatic heterocycles. The molecule has 0 bridgehead atoms. The molecule has 0 aromatic rings. The molecule has 3 heteroatoms. The Morgan fingerprint density at radius 3 is 2.94 bits per heavy atom. The molecule has 3 atom stereocenters. The molecular formula is C14H17NO2. The number of rotatable bonds is 0. The summed E-state index contributed by atoms with van der Waals surface area (Å²) in [6.45, 7) is 0. The number of ketones is 1. The summed E-state index contributed by atoms with van der Waals surface area (Å²) in [4.78, 5) is 11.5. The van der Waals surface area contributed by atoms with Crippen LogP contribution in [0.1, 0.15) is 44.9 Å². The fourth-order valence-electron chi connectivity index (χ4n) is 4.22. The maximum atomic E-state index is 11.5. The van der Waals surface area contributed by atoms with Gasteiger partial charge in [0.15, 0.2) is 11.5 Å². The van der Waals surface area contributed by atoms with Crippen LogP contribution in [0.2, 0.25) is 0 Å². The summed E-state index contributed by atoms with van der Waals surface area (Å²) in [6, 6.07) is 2.56. The van der Waals surface area contributed by atoms with Crippen molar-refractivity contribution in [2.45, 2.75) is 44.9 Å². The number of nitrogens with zero attached hydrogens (tertiary/aromatic N) is 1. The third-order valence-corrected chi connectivity index (χ3v) is 5.07. The summed E-state index contributed by atoms with van der Waals surface area (Å²) in [5.41, 5.74) is 0.622. The van der Waals surface area contributed by atoms with E-state index in [9.17, 15) is 15.2 Å². The summed E-state index contributed by atoms with van der Waals surface area (Å²) in [6.07, 6.45) is 6.28. The van der Waals surface area contributed by atoms with Gasteiger partial charge in [-0.15, -0.1) is 0 Å². The zero-order valence-corrected chi connectivity index (χ0v) is 9.91. The fraction of sp³-hybridized carbons (Fsp3) is 0.714. The van der Waals surface area contributed by atoms with Crippen LogP contribution in [0, 0.1) is 28.6 Å². The van der Waals surface area contributed by atoms with E-state index in [0.717, 1.165) is 37.7 Å². The van der Waals surface area contributed by atoms with Gasteiger partial charge >= 0.3 is 0 Å². The molecule has 1 N–H and O–H groups in total. The Kier molecular flexibility index (Phi) is 2.29. The molecule has 0 aromatic carbocycles. The minimum Gasteiger partial charge on any atom is -0.504 e. The highest BCUT2D eigenvalue weighted by Gasteiger charge is 2.55. The molecule has 0 amide bonds. The average Bonchev–Trinajstić information content (AvgIpc) is 2.69. The van der Waals surface area contributed by atoms with Gasteiger partial charge in [-0.05, 0) is 37.2 Å². The van der Waals surface area contributed by atoms with Crippen LogP contribution in [0.3, 0.4) is 0 Å². The lowest BCUT2D eigenvalue weighted by molar-refractivity contribution is -0.119. The molecule has 90 valence electrons. The van der Waals surface area contributed by atoms with Gasteiger partial charge in [0.05, 0.1) is 11.5 Å². The minimum atomic E-state index is -0.276. The summed E-state index contributed by atoms with van der Waals surface area (Å²) in [7, 11) is 0. The van der Waals surface area contributed by atoms with Crippen LogP contribution >= 0.6 is 0 Å². The quantitative estimate of drug-likeness (QED) is 0.697. The lowest BCUT2D eigenvalue weighted by Crippen LogP contribution is -2.35. The maximum absolute atomic E-state index is 11.5. The van der Waals surface area contributed by atoms with Crippen molar-refractivity contribution < 1.29 is 9.90 Å². The smallest absolute Gasteiger partial charge is 0.197 e. The number of Topliss-reactive ketones (excluding diaryl/α,β-unsaturated/α-hetero) is 1. The summed E-state index contributed by atoms with van der Waals surface area (Å²) < 4.78 is 0. The molecular weight excluding hydrogens is 214 g/mol. The maximum Gasteiger partial charge on any atom is 0.197 e. The molecule has 2 saturated carbocycles. The zero-order chi connectivity index (χ0) is 12.0. The summed E-state index contributed by atoms with van der Waals surface area (Å²) >= 11 is 0. The van der Waals surface area contributed by atoms with Gasteiger partial charge in [-0.25, -0.2) is 0 Å². The highest BCUT2D eigenvalue weighted by atomic mass is 16.3. The third kappa shape index (κ3) is 1.30. The second kappa shape index (κ2) is 3.60. The first-order valence-corrected chi connectivity index (χ1v) is 6.55. The predicted molar refractivity (Wildman–Crippen MR) is 62.0 cm³/mol. The number of nitriles is 1. The van der Waals surface area contributed by atoms with E-state index in [1.54, 1.807) is 0 Å². The second-order valence-electron chi connectivity index (χ2n) is 5.69. The first kappa shape index (κ1) is 10.8. The van der Waals surface area contributed by atoms with Crippen molar-refractivity contribution in [1.29, 1.82) is 5.26 Å². The zero-order valence-electron chi connectivity index (χ0n) is 9.91. The summed E-state index contributed by atoms with van der Waals surface area (Å²) in [5, 5.41) is 19.5. The molecule has 0 aromatic heterocycles. The van der Waals surface area contributed by atoms with E-state index in [4.69, 9.17) is 0 Å². The van der Waals surface area contributed by atoms with Crippen LogP contribution in [0.15, 0.2) is 11.3 Å². The van der Waals surface area contributed by atoms with E-state index in [-0.39, 0.29) is 22.9 Å². The number of hydrogen-bond acceptors (Lipinski definition) is 3. The van der Waals surface area contributed by atoms with Gasteiger partial charge in [-0.1, -0.05) is 12.8 Å². The van der Waals surface area contributed by atoms with E-state index in [0.29, 0.717) is 12.3 Å². The molecule has 0 heterocycles. The Hall–Kier alpha value is -1.30. The fourth-order valence-corrected chi connectivity index (χ4v) is 4.22. The van der Waals surface area contributed by atoms with E-state index in [1.165, 1.54) is 6.42 Å². The Labute approximate surface area is 101 Å². The minimum absolute atomic E-state index is 0.00900. The van der Waals surface area contributed by atoms with Crippen molar-refractivity contribution in [1.82, 2.24) is 0 Å². The standard InChI is InChI=1S/C14H17NO2/c15-8-14-6-2-1-3-9(14)7-10-11(14)4-5-12(16)13(10)17/h9,11,17H,1-7H2/t9-,11+,14+/m0/s1. The predicted octanol–water partition coefficient (Wildman–Crippen LogP) is 2.88. The van der Waals surface area contributed by atoms with Crippen LogP contribution in [0.25, 0.3) is 0 Å². The molecule has 17 heavy (non-hydrogen) atoms. The number of hydrogen-bond donors (Lipinski definition) is 1. The number of allylic oxidation sites excluding steroid dienone is 2. The monoisotopic (exact) mass is 231 g/mol. The number of aliphatic hydroxyl groups excluding tert-OH is 1. The number of fused-ring (bicyclic) bond motifs is 3. The number of aliphatic hydroxyl groups is 1. The lowest BCUT2D eigenvalue weighted by atomic mass is 9.63. The first-order valence-electron chi connectivity index (χ1n) is 6.55. The van der Waals surface area contributed by atoms with Crippen LogP contribution in [-0.4, -0.2) is 10.9 Å². The molecule has 0 radical (unpaired) electrons.